The molecule has 0 radical (unpaired) electrons. The van der Waals surface area contributed by atoms with Crippen LogP contribution in [0.25, 0.3) is 0 Å². The van der Waals surface area contributed by atoms with Crippen LogP contribution in [0, 0.1) is 16.7 Å². The fourth-order valence-corrected chi connectivity index (χ4v) is 1.54. The molecule has 0 rings (SSSR count). The van der Waals surface area contributed by atoms with Crippen molar-refractivity contribution in [1.82, 2.24) is 0 Å². The zero-order valence-corrected chi connectivity index (χ0v) is 12.4. The van der Waals surface area contributed by atoms with Crippen LogP contribution < -0.4 is 0 Å². The van der Waals surface area contributed by atoms with Crippen LogP contribution in [0.3, 0.4) is 0 Å². The van der Waals surface area contributed by atoms with E-state index in [1.54, 1.807) is 39.0 Å². The molecule has 0 atom stereocenters. The molecule has 0 aliphatic rings. The van der Waals surface area contributed by atoms with Crippen LogP contribution in [0.5, 0.6) is 0 Å². The highest BCUT2D eigenvalue weighted by Gasteiger charge is 2.44. The van der Waals surface area contributed by atoms with Gasteiger partial charge in [-0.25, -0.2) is 0 Å². The first-order valence-corrected chi connectivity index (χ1v) is 6.52. The van der Waals surface area contributed by atoms with Crippen LogP contribution in [0.4, 0.5) is 0 Å². The molecule has 0 aliphatic carbocycles. The summed E-state index contributed by atoms with van der Waals surface area (Å²) in [7, 11) is 0. The molecule has 0 aliphatic heterocycles. The van der Waals surface area contributed by atoms with Crippen molar-refractivity contribution in [2.75, 3.05) is 13.2 Å². The molecule has 0 aromatic rings. The van der Waals surface area contributed by atoms with Crippen molar-refractivity contribution in [2.45, 2.75) is 34.1 Å². The number of hydrogen-bond donors (Lipinski definition) is 0. The van der Waals surface area contributed by atoms with Gasteiger partial charge in [-0.3, -0.25) is 9.59 Å². The monoisotopic (exact) mass is 279 g/mol. The summed E-state index contributed by atoms with van der Waals surface area (Å²) in [6.45, 7) is 6.88. The van der Waals surface area contributed by atoms with Gasteiger partial charge in [0.1, 0.15) is 0 Å². The molecule has 0 heterocycles. The average Bonchev–Trinajstić information content (AvgIpc) is 2.43. The van der Waals surface area contributed by atoms with Crippen molar-refractivity contribution in [3.05, 3.63) is 23.8 Å². The van der Waals surface area contributed by atoms with Gasteiger partial charge < -0.3 is 9.47 Å². The molecule has 0 N–H and O–H groups in total. The van der Waals surface area contributed by atoms with E-state index in [-0.39, 0.29) is 19.6 Å². The van der Waals surface area contributed by atoms with Gasteiger partial charge in [0.2, 0.25) is 0 Å². The molecule has 0 fully saturated rings. The van der Waals surface area contributed by atoms with Crippen LogP contribution in [-0.4, -0.2) is 25.2 Å². The zero-order valence-electron chi connectivity index (χ0n) is 12.4. The standard InChI is InChI=1S/C15H21NO4/c1-5-8-9-12(11-16)10-15(4,13(17)19-6-2)14(18)20-7-3/h5,8-9H,6-7,10H2,1-4H3/b8-5+,12-9-. The van der Waals surface area contributed by atoms with Gasteiger partial charge in [-0.05, 0) is 33.8 Å². The van der Waals surface area contributed by atoms with Gasteiger partial charge in [0.25, 0.3) is 0 Å². The Kier molecular flexibility index (Phi) is 7.98. The lowest BCUT2D eigenvalue weighted by Gasteiger charge is -2.24. The Morgan fingerprint density at radius 2 is 1.70 bits per heavy atom. The van der Waals surface area contributed by atoms with Crippen LogP contribution in [0.2, 0.25) is 0 Å². The third-order valence-corrected chi connectivity index (χ3v) is 2.63. The number of nitriles is 1. The molecule has 110 valence electrons. The number of allylic oxidation sites excluding steroid dienone is 4. The number of nitrogens with zero attached hydrogens (tertiary/aromatic N) is 1. The predicted octanol–water partition coefficient (Wildman–Crippen LogP) is 2.54. The molecule has 0 amide bonds. The van der Waals surface area contributed by atoms with Crippen LogP contribution >= 0.6 is 0 Å². The van der Waals surface area contributed by atoms with Gasteiger partial charge in [0, 0.05) is 12.0 Å². The Labute approximate surface area is 119 Å². The molecular weight excluding hydrogens is 258 g/mol. The number of carbonyl (C=O) groups excluding carboxylic acids is 2. The second kappa shape index (κ2) is 8.92. The highest BCUT2D eigenvalue weighted by atomic mass is 16.6. The summed E-state index contributed by atoms with van der Waals surface area (Å²) in [5, 5.41) is 9.08. The van der Waals surface area contributed by atoms with Crippen molar-refractivity contribution < 1.29 is 19.1 Å². The molecule has 0 aromatic heterocycles. The van der Waals surface area contributed by atoms with Crippen LogP contribution in [0.15, 0.2) is 23.8 Å². The van der Waals surface area contributed by atoms with Crippen molar-refractivity contribution >= 4 is 11.9 Å². The first kappa shape index (κ1) is 17.9. The normalized spacial score (nSPS) is 12.1. The number of ether oxygens (including phenoxy) is 2. The Morgan fingerprint density at radius 3 is 2.05 bits per heavy atom. The summed E-state index contributed by atoms with van der Waals surface area (Å²) in [4.78, 5) is 24.1. The lowest BCUT2D eigenvalue weighted by Crippen LogP contribution is -2.39. The Morgan fingerprint density at radius 1 is 1.20 bits per heavy atom. The van der Waals surface area contributed by atoms with Crippen molar-refractivity contribution in [1.29, 1.82) is 5.26 Å². The third-order valence-electron chi connectivity index (χ3n) is 2.63. The second-order valence-electron chi connectivity index (χ2n) is 4.28. The third kappa shape index (κ3) is 4.88. The lowest BCUT2D eigenvalue weighted by atomic mass is 9.83. The molecule has 5 heteroatoms. The minimum absolute atomic E-state index is 0.0501. The molecule has 0 saturated heterocycles. The molecule has 0 saturated carbocycles. The maximum Gasteiger partial charge on any atom is 0.323 e. The van der Waals surface area contributed by atoms with E-state index in [1.165, 1.54) is 6.92 Å². The minimum atomic E-state index is -1.50. The van der Waals surface area contributed by atoms with E-state index in [1.807, 2.05) is 6.07 Å². The second-order valence-corrected chi connectivity index (χ2v) is 4.28. The van der Waals surface area contributed by atoms with Gasteiger partial charge in [-0.1, -0.05) is 12.2 Å². The number of carbonyl (C=O) groups is 2. The van der Waals surface area contributed by atoms with Gasteiger partial charge in [0.15, 0.2) is 5.41 Å². The van der Waals surface area contributed by atoms with E-state index in [0.717, 1.165) is 0 Å². The molecule has 0 bridgehead atoms. The van der Waals surface area contributed by atoms with E-state index in [4.69, 9.17) is 14.7 Å². The quantitative estimate of drug-likeness (QED) is 0.310. The first-order valence-electron chi connectivity index (χ1n) is 6.52. The molecular formula is C15H21NO4. The van der Waals surface area contributed by atoms with E-state index >= 15 is 0 Å². The van der Waals surface area contributed by atoms with Crippen LogP contribution in [0.1, 0.15) is 34.1 Å². The summed E-state index contributed by atoms with van der Waals surface area (Å²) in [6, 6.07) is 1.98. The molecule has 0 spiro atoms. The van der Waals surface area contributed by atoms with Crippen molar-refractivity contribution in [2.24, 2.45) is 5.41 Å². The number of hydrogen-bond acceptors (Lipinski definition) is 5. The van der Waals surface area contributed by atoms with E-state index in [0.29, 0.717) is 5.57 Å². The fraction of sp³-hybridized carbons (Fsp3) is 0.533. The Hall–Kier alpha value is -2.09. The maximum absolute atomic E-state index is 12.0. The smallest absolute Gasteiger partial charge is 0.323 e. The highest BCUT2D eigenvalue weighted by molar-refractivity contribution is 6.00. The zero-order chi connectivity index (χ0) is 15.6. The summed E-state index contributed by atoms with van der Waals surface area (Å²) in [5.74, 6) is -1.36. The van der Waals surface area contributed by atoms with Crippen molar-refractivity contribution in [3.8, 4) is 6.07 Å². The lowest BCUT2D eigenvalue weighted by molar-refractivity contribution is -0.170. The van der Waals surface area contributed by atoms with Gasteiger partial charge in [0.05, 0.1) is 19.3 Å². The minimum Gasteiger partial charge on any atom is -0.465 e. The first-order chi connectivity index (χ1) is 9.46. The Bertz CT molecular complexity index is 425. The summed E-state index contributed by atoms with van der Waals surface area (Å²) < 4.78 is 9.86. The predicted molar refractivity (Wildman–Crippen MR) is 74.5 cm³/mol. The molecule has 5 nitrogen and oxygen atoms in total. The van der Waals surface area contributed by atoms with Crippen LogP contribution in [-0.2, 0) is 19.1 Å². The number of rotatable bonds is 7. The van der Waals surface area contributed by atoms with E-state index in [9.17, 15) is 9.59 Å². The van der Waals surface area contributed by atoms with Gasteiger partial charge >= 0.3 is 11.9 Å². The molecule has 0 aromatic carbocycles. The molecule has 0 unspecified atom stereocenters. The Balaban J connectivity index is 5.38. The SMILES string of the molecule is C/C=C/C=C(\C#N)CC(C)(C(=O)OCC)C(=O)OCC. The largest absolute Gasteiger partial charge is 0.465 e. The fourth-order valence-electron chi connectivity index (χ4n) is 1.54. The molecule has 20 heavy (non-hydrogen) atoms. The topological polar surface area (TPSA) is 76.4 Å². The van der Waals surface area contributed by atoms with E-state index in [2.05, 4.69) is 0 Å². The maximum atomic E-state index is 12.0. The van der Waals surface area contributed by atoms with Gasteiger partial charge in [-0.2, -0.15) is 5.26 Å². The van der Waals surface area contributed by atoms with E-state index < -0.39 is 17.4 Å². The summed E-state index contributed by atoms with van der Waals surface area (Å²) in [5.41, 5.74) is -1.19. The van der Waals surface area contributed by atoms with Crippen molar-refractivity contribution in [3.63, 3.8) is 0 Å². The summed E-state index contributed by atoms with van der Waals surface area (Å²) in [6.07, 6.45) is 4.95. The highest BCUT2D eigenvalue weighted by Crippen LogP contribution is 2.29. The van der Waals surface area contributed by atoms with Gasteiger partial charge in [-0.15, -0.1) is 0 Å². The average molecular weight is 279 g/mol. The number of esters is 2. The summed E-state index contributed by atoms with van der Waals surface area (Å²) >= 11 is 0.